The van der Waals surface area contributed by atoms with E-state index in [9.17, 15) is 18.0 Å². The minimum absolute atomic E-state index is 0.266. The molecule has 2 aromatic rings. The predicted octanol–water partition coefficient (Wildman–Crippen LogP) is 3.92. The molecule has 10 heteroatoms. The van der Waals surface area contributed by atoms with Crippen molar-refractivity contribution in [1.82, 2.24) is 20.1 Å². The number of amides is 1. The van der Waals surface area contributed by atoms with Crippen molar-refractivity contribution in [2.45, 2.75) is 44.8 Å². The Morgan fingerprint density at radius 2 is 1.93 bits per heavy atom. The zero-order valence-corrected chi connectivity index (χ0v) is 16.7. The van der Waals surface area contributed by atoms with Crippen molar-refractivity contribution in [1.29, 1.82) is 0 Å². The standard InChI is InChI=1S/C18H23F3N4O2S/c1-12(2)11-25-15(23-24-17(25)28-3)5-4-10-22-16(26)13-6-8-14(9-7-13)27-18(19,20)21/h6-9,12H,4-5,10-11H2,1-3H3,(H,22,26). The van der Waals surface area contributed by atoms with E-state index >= 15 is 0 Å². The van der Waals surface area contributed by atoms with Gasteiger partial charge in [-0.05, 0) is 42.9 Å². The van der Waals surface area contributed by atoms with Crippen LogP contribution in [0.25, 0.3) is 0 Å². The van der Waals surface area contributed by atoms with Gasteiger partial charge in [-0.15, -0.1) is 23.4 Å². The van der Waals surface area contributed by atoms with Crippen LogP contribution in [-0.2, 0) is 13.0 Å². The maximum Gasteiger partial charge on any atom is 0.573 e. The van der Waals surface area contributed by atoms with E-state index in [2.05, 4.69) is 38.7 Å². The third kappa shape index (κ3) is 6.74. The van der Waals surface area contributed by atoms with E-state index in [1.54, 1.807) is 11.8 Å². The smallest absolute Gasteiger partial charge is 0.406 e. The number of nitrogens with zero attached hydrogens (tertiary/aromatic N) is 3. The van der Waals surface area contributed by atoms with Gasteiger partial charge in [0.05, 0.1) is 0 Å². The van der Waals surface area contributed by atoms with Crippen LogP contribution in [0, 0.1) is 5.92 Å². The van der Waals surface area contributed by atoms with E-state index in [1.807, 2.05) is 6.26 Å². The Balaban J connectivity index is 1.84. The van der Waals surface area contributed by atoms with E-state index in [1.165, 1.54) is 12.1 Å². The van der Waals surface area contributed by atoms with Crippen molar-refractivity contribution in [3.8, 4) is 5.75 Å². The molecule has 2 rings (SSSR count). The van der Waals surface area contributed by atoms with Crippen LogP contribution < -0.4 is 10.1 Å². The molecule has 0 bridgehead atoms. The average molecular weight is 416 g/mol. The molecule has 0 aliphatic carbocycles. The SMILES string of the molecule is CSc1nnc(CCCNC(=O)c2ccc(OC(F)(F)F)cc2)n1CC(C)C. The van der Waals surface area contributed by atoms with Crippen LogP contribution in [0.2, 0.25) is 0 Å². The molecule has 1 aromatic heterocycles. The lowest BCUT2D eigenvalue weighted by Crippen LogP contribution is -2.25. The van der Waals surface area contributed by atoms with E-state index in [4.69, 9.17) is 0 Å². The van der Waals surface area contributed by atoms with Crippen LogP contribution in [0.4, 0.5) is 13.2 Å². The Morgan fingerprint density at radius 1 is 1.25 bits per heavy atom. The average Bonchev–Trinajstić information content (AvgIpc) is 2.99. The number of benzene rings is 1. The molecule has 1 heterocycles. The molecule has 1 amide bonds. The van der Waals surface area contributed by atoms with Crippen LogP contribution >= 0.6 is 11.8 Å². The Bertz CT molecular complexity index is 776. The molecule has 0 unspecified atom stereocenters. The second kappa shape index (κ2) is 9.81. The topological polar surface area (TPSA) is 69.0 Å². The number of nitrogens with one attached hydrogen (secondary N) is 1. The first-order chi connectivity index (χ1) is 13.2. The normalized spacial score (nSPS) is 11.7. The van der Waals surface area contributed by atoms with Crippen molar-refractivity contribution >= 4 is 17.7 Å². The third-order valence-electron chi connectivity index (χ3n) is 3.74. The zero-order chi connectivity index (χ0) is 20.7. The Labute approximate surface area is 165 Å². The Kier molecular flexibility index (Phi) is 7.73. The summed E-state index contributed by atoms with van der Waals surface area (Å²) in [6, 6.07) is 4.81. The van der Waals surface area contributed by atoms with Gasteiger partial charge >= 0.3 is 6.36 Å². The molecule has 0 saturated heterocycles. The number of aromatic nitrogens is 3. The molecule has 1 N–H and O–H groups in total. The molecule has 0 fully saturated rings. The molecular weight excluding hydrogens is 393 g/mol. The van der Waals surface area contributed by atoms with Crippen LogP contribution in [0.3, 0.4) is 0 Å². The van der Waals surface area contributed by atoms with Crippen LogP contribution in [0.5, 0.6) is 5.75 Å². The van der Waals surface area contributed by atoms with Gasteiger partial charge in [0.25, 0.3) is 5.91 Å². The first kappa shape index (κ1) is 22.1. The lowest BCUT2D eigenvalue weighted by molar-refractivity contribution is -0.274. The molecule has 0 aliphatic heterocycles. The Morgan fingerprint density at radius 3 is 2.50 bits per heavy atom. The minimum atomic E-state index is -4.75. The van der Waals surface area contributed by atoms with Crippen molar-refractivity contribution in [2.24, 2.45) is 5.92 Å². The number of ether oxygens (including phenoxy) is 1. The number of hydrogen-bond donors (Lipinski definition) is 1. The molecule has 0 aliphatic rings. The summed E-state index contributed by atoms with van der Waals surface area (Å²) in [5.41, 5.74) is 0.266. The van der Waals surface area contributed by atoms with Gasteiger partial charge < -0.3 is 14.6 Å². The summed E-state index contributed by atoms with van der Waals surface area (Å²) >= 11 is 1.54. The molecular formula is C18H23F3N4O2S. The summed E-state index contributed by atoms with van der Waals surface area (Å²) in [7, 11) is 0. The van der Waals surface area contributed by atoms with E-state index in [0.29, 0.717) is 25.3 Å². The van der Waals surface area contributed by atoms with Crippen molar-refractivity contribution in [3.05, 3.63) is 35.7 Å². The second-order valence-electron chi connectivity index (χ2n) is 6.54. The highest BCUT2D eigenvalue weighted by atomic mass is 32.2. The zero-order valence-electron chi connectivity index (χ0n) is 15.9. The lowest BCUT2D eigenvalue weighted by atomic mass is 10.2. The molecule has 0 saturated carbocycles. The predicted molar refractivity (Wildman–Crippen MR) is 100 cm³/mol. The Hall–Kier alpha value is -2.23. The summed E-state index contributed by atoms with van der Waals surface area (Å²) in [6.45, 7) is 5.50. The van der Waals surface area contributed by atoms with Crippen molar-refractivity contribution in [3.63, 3.8) is 0 Å². The van der Waals surface area contributed by atoms with E-state index < -0.39 is 6.36 Å². The number of hydrogen-bond acceptors (Lipinski definition) is 5. The molecule has 0 spiro atoms. The van der Waals surface area contributed by atoms with Gasteiger partial charge in [0.1, 0.15) is 11.6 Å². The molecule has 28 heavy (non-hydrogen) atoms. The first-order valence-electron chi connectivity index (χ1n) is 8.79. The highest BCUT2D eigenvalue weighted by Gasteiger charge is 2.31. The highest BCUT2D eigenvalue weighted by Crippen LogP contribution is 2.22. The van der Waals surface area contributed by atoms with Gasteiger partial charge in [-0.1, -0.05) is 25.6 Å². The maximum absolute atomic E-state index is 12.2. The number of aryl methyl sites for hydroxylation is 1. The summed E-state index contributed by atoms with van der Waals surface area (Å²) < 4.78 is 42.3. The number of thioether (sulfide) groups is 1. The van der Waals surface area contributed by atoms with E-state index in [0.717, 1.165) is 29.7 Å². The van der Waals surface area contributed by atoms with Gasteiger partial charge in [0.2, 0.25) is 0 Å². The van der Waals surface area contributed by atoms with Gasteiger partial charge in [-0.2, -0.15) is 0 Å². The fourth-order valence-corrected chi connectivity index (χ4v) is 3.08. The van der Waals surface area contributed by atoms with E-state index in [-0.39, 0.29) is 17.2 Å². The quantitative estimate of drug-likeness (QED) is 0.496. The van der Waals surface area contributed by atoms with Crippen molar-refractivity contribution in [2.75, 3.05) is 12.8 Å². The fraction of sp³-hybridized carbons (Fsp3) is 0.500. The number of rotatable bonds is 9. The van der Waals surface area contributed by atoms with Crippen LogP contribution in [0.1, 0.15) is 36.5 Å². The van der Waals surface area contributed by atoms with Gasteiger partial charge in [0.15, 0.2) is 5.16 Å². The molecule has 154 valence electrons. The number of alkyl halides is 3. The minimum Gasteiger partial charge on any atom is -0.406 e. The summed E-state index contributed by atoms with van der Waals surface area (Å²) in [6.07, 6.45) is -1.46. The molecule has 0 radical (unpaired) electrons. The fourth-order valence-electron chi connectivity index (χ4n) is 2.56. The largest absolute Gasteiger partial charge is 0.573 e. The van der Waals surface area contributed by atoms with Crippen LogP contribution in [-0.4, -0.2) is 39.8 Å². The first-order valence-corrected chi connectivity index (χ1v) is 10.0. The second-order valence-corrected chi connectivity index (χ2v) is 7.31. The monoisotopic (exact) mass is 416 g/mol. The van der Waals surface area contributed by atoms with Gasteiger partial charge in [-0.25, -0.2) is 0 Å². The number of carbonyl (C=O) groups is 1. The molecule has 1 aromatic carbocycles. The maximum atomic E-state index is 12.2. The number of halogens is 3. The summed E-state index contributed by atoms with van der Waals surface area (Å²) in [5, 5.41) is 12.0. The molecule has 6 nitrogen and oxygen atoms in total. The highest BCUT2D eigenvalue weighted by molar-refractivity contribution is 7.98. The summed E-state index contributed by atoms with van der Waals surface area (Å²) in [5.74, 6) is 0.621. The van der Waals surface area contributed by atoms with Crippen molar-refractivity contribution < 1.29 is 22.7 Å². The lowest BCUT2D eigenvalue weighted by Gasteiger charge is -2.12. The molecule has 0 atom stereocenters. The summed E-state index contributed by atoms with van der Waals surface area (Å²) in [4.78, 5) is 12.1. The van der Waals surface area contributed by atoms with Crippen LogP contribution in [0.15, 0.2) is 29.4 Å². The van der Waals surface area contributed by atoms with Gasteiger partial charge in [-0.3, -0.25) is 4.79 Å². The number of carbonyl (C=O) groups excluding carboxylic acids is 1. The third-order valence-corrected chi connectivity index (χ3v) is 4.40. The van der Waals surface area contributed by atoms with Gasteiger partial charge in [0, 0.05) is 25.1 Å².